The Hall–Kier alpha value is -2.73. The second-order valence-corrected chi connectivity index (χ2v) is 6.41. The summed E-state index contributed by atoms with van der Waals surface area (Å²) in [6, 6.07) is 6.38. The maximum absolute atomic E-state index is 4.57. The summed E-state index contributed by atoms with van der Waals surface area (Å²) < 4.78 is 0. The summed E-state index contributed by atoms with van der Waals surface area (Å²) in [4.78, 5) is 12.2. The number of hydrogen-bond donors (Lipinski definition) is 3. The first-order chi connectivity index (χ1) is 11.9. The molecule has 0 spiro atoms. The Morgan fingerprint density at radius 1 is 1.08 bits per heavy atom. The van der Waals surface area contributed by atoms with Crippen molar-refractivity contribution in [1.82, 2.24) is 30.5 Å². The van der Waals surface area contributed by atoms with Crippen molar-refractivity contribution in [1.29, 1.82) is 0 Å². The standard InChI is InChI=1S/C18H18N6/c1-4-19-5-2-11(1)13-7-14-17(23-24-18(14)21-9-13)15-8-12-3-6-20-10-16(12)22-15/h3,6-11,19,22H,1-2,4-5H2,(H,21,23,24). The average molecular weight is 318 g/mol. The number of nitrogens with zero attached hydrogens (tertiary/aromatic N) is 3. The Labute approximate surface area is 138 Å². The van der Waals surface area contributed by atoms with Crippen LogP contribution in [0.25, 0.3) is 33.3 Å². The van der Waals surface area contributed by atoms with E-state index in [0.29, 0.717) is 5.92 Å². The first-order valence-electron chi connectivity index (χ1n) is 8.36. The van der Waals surface area contributed by atoms with Gasteiger partial charge in [-0.25, -0.2) is 4.98 Å². The molecule has 1 saturated heterocycles. The summed E-state index contributed by atoms with van der Waals surface area (Å²) >= 11 is 0. The highest BCUT2D eigenvalue weighted by molar-refractivity contribution is 5.94. The number of fused-ring (bicyclic) bond motifs is 2. The third-order valence-electron chi connectivity index (χ3n) is 4.93. The molecule has 1 fully saturated rings. The highest BCUT2D eigenvalue weighted by atomic mass is 15.2. The zero-order chi connectivity index (χ0) is 15.9. The molecule has 4 aromatic heterocycles. The van der Waals surface area contributed by atoms with Crippen LogP contribution in [0, 0.1) is 0 Å². The Morgan fingerprint density at radius 2 is 2.00 bits per heavy atom. The van der Waals surface area contributed by atoms with Crippen LogP contribution in [0.15, 0.2) is 36.8 Å². The lowest BCUT2D eigenvalue weighted by Gasteiger charge is -2.22. The molecule has 1 aliphatic heterocycles. The van der Waals surface area contributed by atoms with Gasteiger partial charge in [0.1, 0.15) is 0 Å². The lowest BCUT2D eigenvalue weighted by atomic mass is 9.91. The van der Waals surface area contributed by atoms with Crippen molar-refractivity contribution in [3.63, 3.8) is 0 Å². The number of aromatic nitrogens is 5. The van der Waals surface area contributed by atoms with Crippen molar-refractivity contribution in [2.45, 2.75) is 18.8 Å². The summed E-state index contributed by atoms with van der Waals surface area (Å²) in [5, 5.41) is 13.1. The van der Waals surface area contributed by atoms with Crippen LogP contribution in [0.4, 0.5) is 0 Å². The van der Waals surface area contributed by atoms with Crippen LogP contribution in [-0.2, 0) is 0 Å². The minimum Gasteiger partial charge on any atom is -0.352 e. The first-order valence-corrected chi connectivity index (χ1v) is 8.36. The highest BCUT2D eigenvalue weighted by Gasteiger charge is 2.18. The zero-order valence-corrected chi connectivity index (χ0v) is 13.2. The molecule has 0 radical (unpaired) electrons. The third kappa shape index (κ3) is 2.18. The van der Waals surface area contributed by atoms with Crippen LogP contribution in [0.2, 0.25) is 0 Å². The van der Waals surface area contributed by atoms with Gasteiger partial charge in [-0.2, -0.15) is 5.10 Å². The van der Waals surface area contributed by atoms with Crippen LogP contribution in [-0.4, -0.2) is 38.2 Å². The second-order valence-electron chi connectivity index (χ2n) is 6.41. The number of pyridine rings is 2. The Balaban J connectivity index is 1.62. The van der Waals surface area contributed by atoms with Crippen LogP contribution in [0.3, 0.4) is 0 Å². The molecule has 0 amide bonds. The molecule has 3 N–H and O–H groups in total. The molecule has 0 bridgehead atoms. The molecular weight excluding hydrogens is 300 g/mol. The summed E-state index contributed by atoms with van der Waals surface area (Å²) in [7, 11) is 0. The fourth-order valence-electron chi connectivity index (χ4n) is 3.61. The van der Waals surface area contributed by atoms with E-state index in [1.807, 2.05) is 24.7 Å². The van der Waals surface area contributed by atoms with E-state index >= 15 is 0 Å². The van der Waals surface area contributed by atoms with Crippen LogP contribution >= 0.6 is 0 Å². The molecule has 0 saturated carbocycles. The van der Waals surface area contributed by atoms with Gasteiger partial charge in [0.05, 0.1) is 23.1 Å². The van der Waals surface area contributed by atoms with Crippen LogP contribution in [0.5, 0.6) is 0 Å². The monoisotopic (exact) mass is 318 g/mol. The molecule has 24 heavy (non-hydrogen) atoms. The quantitative estimate of drug-likeness (QED) is 0.531. The summed E-state index contributed by atoms with van der Waals surface area (Å²) in [5.74, 6) is 0.581. The van der Waals surface area contributed by atoms with Crippen molar-refractivity contribution in [2.24, 2.45) is 0 Å². The van der Waals surface area contributed by atoms with Gasteiger partial charge in [-0.15, -0.1) is 0 Å². The summed E-state index contributed by atoms with van der Waals surface area (Å²) in [6.45, 7) is 2.16. The second kappa shape index (κ2) is 5.42. The molecule has 120 valence electrons. The predicted molar refractivity (Wildman–Crippen MR) is 93.8 cm³/mol. The lowest BCUT2D eigenvalue weighted by Crippen LogP contribution is -2.26. The number of piperidine rings is 1. The van der Waals surface area contributed by atoms with E-state index in [1.165, 1.54) is 18.4 Å². The van der Waals surface area contributed by atoms with E-state index in [4.69, 9.17) is 0 Å². The zero-order valence-electron chi connectivity index (χ0n) is 13.2. The maximum Gasteiger partial charge on any atom is 0.181 e. The van der Waals surface area contributed by atoms with Crippen molar-refractivity contribution in [3.05, 3.63) is 42.4 Å². The van der Waals surface area contributed by atoms with E-state index in [2.05, 4.69) is 42.6 Å². The topological polar surface area (TPSA) is 82.3 Å². The lowest BCUT2D eigenvalue weighted by molar-refractivity contribution is 0.460. The smallest absolute Gasteiger partial charge is 0.181 e. The summed E-state index contributed by atoms with van der Waals surface area (Å²) in [6.07, 6.45) is 7.97. The third-order valence-corrected chi connectivity index (χ3v) is 4.93. The van der Waals surface area contributed by atoms with Crippen molar-refractivity contribution < 1.29 is 0 Å². The molecule has 0 aliphatic carbocycles. The molecule has 6 nitrogen and oxygen atoms in total. The number of H-pyrrole nitrogens is 2. The number of nitrogens with one attached hydrogen (secondary N) is 3. The van der Waals surface area contributed by atoms with Crippen molar-refractivity contribution in [3.8, 4) is 11.4 Å². The van der Waals surface area contributed by atoms with Crippen LogP contribution < -0.4 is 5.32 Å². The van der Waals surface area contributed by atoms with Gasteiger partial charge in [0, 0.05) is 23.2 Å². The largest absolute Gasteiger partial charge is 0.352 e. The molecule has 0 aromatic carbocycles. The van der Waals surface area contributed by atoms with E-state index < -0.39 is 0 Å². The average Bonchev–Trinajstić information content (AvgIpc) is 3.25. The van der Waals surface area contributed by atoms with E-state index in [0.717, 1.165) is 46.4 Å². The predicted octanol–water partition coefficient (Wildman–Crippen LogP) is 2.97. The number of hydrogen-bond acceptors (Lipinski definition) is 4. The fourth-order valence-corrected chi connectivity index (χ4v) is 3.61. The Bertz CT molecular complexity index is 976. The number of aromatic amines is 2. The van der Waals surface area contributed by atoms with E-state index in [9.17, 15) is 0 Å². The SMILES string of the molecule is c1cc2cc(-c3[nH]nc4ncc(C5CCNCC5)cc34)[nH]c2cn1. The van der Waals surface area contributed by atoms with Gasteiger partial charge in [0.25, 0.3) is 0 Å². The number of rotatable bonds is 2. The summed E-state index contributed by atoms with van der Waals surface area (Å²) in [5.41, 5.74) is 5.11. The molecule has 0 atom stereocenters. The normalized spacial score (nSPS) is 16.2. The van der Waals surface area contributed by atoms with Gasteiger partial charge < -0.3 is 10.3 Å². The molecule has 5 heterocycles. The molecule has 4 aromatic rings. The Morgan fingerprint density at radius 3 is 2.88 bits per heavy atom. The highest BCUT2D eigenvalue weighted by Crippen LogP contribution is 2.31. The van der Waals surface area contributed by atoms with Gasteiger partial charge in [-0.05, 0) is 55.6 Å². The molecule has 0 unspecified atom stereocenters. The van der Waals surface area contributed by atoms with E-state index in [1.54, 1.807) is 0 Å². The Kier molecular flexibility index (Phi) is 3.09. The van der Waals surface area contributed by atoms with Crippen molar-refractivity contribution >= 4 is 21.9 Å². The molecular formula is C18H18N6. The minimum atomic E-state index is 0.581. The van der Waals surface area contributed by atoms with Crippen LogP contribution in [0.1, 0.15) is 24.3 Å². The van der Waals surface area contributed by atoms with Gasteiger partial charge >= 0.3 is 0 Å². The van der Waals surface area contributed by atoms with Gasteiger partial charge in [-0.3, -0.25) is 10.1 Å². The molecule has 6 heteroatoms. The fraction of sp³-hybridized carbons (Fsp3) is 0.278. The van der Waals surface area contributed by atoms with E-state index in [-0.39, 0.29) is 0 Å². The first kappa shape index (κ1) is 13.7. The van der Waals surface area contributed by atoms with Gasteiger partial charge in [-0.1, -0.05) is 0 Å². The van der Waals surface area contributed by atoms with Gasteiger partial charge in [0.2, 0.25) is 0 Å². The molecule has 5 rings (SSSR count). The molecule has 1 aliphatic rings. The van der Waals surface area contributed by atoms with Crippen molar-refractivity contribution in [2.75, 3.05) is 13.1 Å². The van der Waals surface area contributed by atoms with Gasteiger partial charge in [0.15, 0.2) is 5.65 Å². The maximum atomic E-state index is 4.57. The minimum absolute atomic E-state index is 0.581.